The number of nitrogens with zero attached hydrogens (tertiary/aromatic N) is 1. The lowest BCUT2D eigenvalue weighted by molar-refractivity contribution is 0.0688. The molecule has 0 aromatic heterocycles. The second-order valence-electron chi connectivity index (χ2n) is 1.30. The van der Waals surface area contributed by atoms with Crippen LogP contribution in [0.3, 0.4) is 0 Å². The number of hydrogen-bond donors (Lipinski definition) is 2. The Balaban J connectivity index is 3.49. The van der Waals surface area contributed by atoms with E-state index < -0.39 is 12.2 Å². The Hall–Kier alpha value is -0.300. The molecule has 46 valence electrons. The predicted molar refractivity (Wildman–Crippen MR) is 28.3 cm³/mol. The summed E-state index contributed by atoms with van der Waals surface area (Å²) < 4.78 is 0. The Morgan fingerprint density at radius 1 is 1.62 bits per heavy atom. The molecule has 4 heteroatoms. The zero-order chi connectivity index (χ0) is 6.57. The van der Waals surface area contributed by atoms with E-state index in [1.165, 1.54) is 6.07 Å². The molecule has 0 aliphatic carbocycles. The van der Waals surface area contributed by atoms with Crippen molar-refractivity contribution in [2.24, 2.45) is 0 Å². The van der Waals surface area contributed by atoms with Gasteiger partial charge >= 0.3 is 0 Å². The smallest absolute Gasteiger partial charge is 0.167 e. The van der Waals surface area contributed by atoms with Crippen molar-refractivity contribution in [2.45, 2.75) is 12.2 Å². The molecule has 2 atom stereocenters. The first-order valence-corrected chi connectivity index (χ1v) is 2.57. The van der Waals surface area contributed by atoms with Crippen LogP contribution in [0.2, 0.25) is 0 Å². The van der Waals surface area contributed by atoms with E-state index >= 15 is 0 Å². The number of rotatable bonds is 2. The first-order chi connectivity index (χ1) is 3.72. The molecule has 0 aliphatic rings. The monoisotopic (exact) mass is 135 g/mol. The number of aliphatic hydroxyl groups is 2. The standard InChI is InChI=1S/C4H6ClNO2/c5-1-3(7)4(8)2-6/h3-4,7-8H,1H2/t3-,4-/m0/s1. The van der Waals surface area contributed by atoms with Crippen LogP contribution in [0.25, 0.3) is 0 Å². The maximum Gasteiger partial charge on any atom is 0.167 e. The average molecular weight is 136 g/mol. The molecule has 0 amide bonds. The van der Waals surface area contributed by atoms with Gasteiger partial charge in [0.1, 0.15) is 6.10 Å². The molecular weight excluding hydrogens is 130 g/mol. The van der Waals surface area contributed by atoms with E-state index in [4.69, 9.17) is 27.1 Å². The predicted octanol–water partition coefficient (Wildman–Crippen LogP) is -0.529. The number of nitriles is 1. The maximum absolute atomic E-state index is 8.52. The van der Waals surface area contributed by atoms with E-state index in [0.717, 1.165) is 0 Å². The molecule has 0 aliphatic heterocycles. The zero-order valence-electron chi connectivity index (χ0n) is 4.08. The summed E-state index contributed by atoms with van der Waals surface area (Å²) in [7, 11) is 0. The lowest BCUT2D eigenvalue weighted by atomic mass is 10.2. The minimum Gasteiger partial charge on any atom is -0.388 e. The van der Waals surface area contributed by atoms with Crippen LogP contribution in [0.4, 0.5) is 0 Å². The van der Waals surface area contributed by atoms with Crippen molar-refractivity contribution < 1.29 is 10.2 Å². The fraction of sp³-hybridized carbons (Fsp3) is 0.750. The summed E-state index contributed by atoms with van der Waals surface area (Å²) >= 11 is 5.06. The number of halogens is 1. The Kier molecular flexibility index (Phi) is 3.53. The SMILES string of the molecule is N#C[C@H](O)[C@@H](O)CCl. The first-order valence-electron chi connectivity index (χ1n) is 2.04. The van der Waals surface area contributed by atoms with Crippen LogP contribution in [-0.4, -0.2) is 28.3 Å². The minimum atomic E-state index is -1.35. The van der Waals surface area contributed by atoms with Gasteiger partial charge in [-0.3, -0.25) is 0 Å². The molecule has 0 bridgehead atoms. The second-order valence-corrected chi connectivity index (χ2v) is 1.60. The highest BCUT2D eigenvalue weighted by molar-refractivity contribution is 6.18. The van der Waals surface area contributed by atoms with E-state index in [-0.39, 0.29) is 5.88 Å². The average Bonchev–Trinajstić information content (AvgIpc) is 1.84. The van der Waals surface area contributed by atoms with Crippen LogP contribution in [0, 0.1) is 11.3 Å². The maximum atomic E-state index is 8.52. The molecular formula is C4H6ClNO2. The molecule has 3 nitrogen and oxygen atoms in total. The van der Waals surface area contributed by atoms with Gasteiger partial charge in [0.25, 0.3) is 0 Å². The molecule has 0 rings (SSSR count). The van der Waals surface area contributed by atoms with Crippen LogP contribution >= 0.6 is 11.6 Å². The highest BCUT2D eigenvalue weighted by atomic mass is 35.5. The molecule has 0 heterocycles. The third-order valence-electron chi connectivity index (χ3n) is 0.655. The Bertz CT molecular complexity index is 101. The van der Waals surface area contributed by atoms with Crippen molar-refractivity contribution in [2.75, 3.05) is 5.88 Å². The van der Waals surface area contributed by atoms with Crippen LogP contribution < -0.4 is 0 Å². The van der Waals surface area contributed by atoms with Crippen molar-refractivity contribution in [3.63, 3.8) is 0 Å². The third-order valence-corrected chi connectivity index (χ3v) is 0.971. The Labute approximate surface area is 52.1 Å². The quantitative estimate of drug-likeness (QED) is 0.395. The number of hydrogen-bond acceptors (Lipinski definition) is 3. The largest absolute Gasteiger partial charge is 0.388 e. The highest BCUT2D eigenvalue weighted by Crippen LogP contribution is 1.92. The Morgan fingerprint density at radius 3 is 2.25 bits per heavy atom. The summed E-state index contributed by atoms with van der Waals surface area (Å²) in [5, 5.41) is 24.9. The minimum absolute atomic E-state index is 0.116. The lowest BCUT2D eigenvalue weighted by Crippen LogP contribution is -2.25. The molecule has 0 aromatic rings. The lowest BCUT2D eigenvalue weighted by Gasteiger charge is -2.04. The second kappa shape index (κ2) is 3.67. The molecule has 0 fully saturated rings. The first kappa shape index (κ1) is 7.70. The number of aliphatic hydroxyl groups excluding tert-OH is 2. The van der Waals surface area contributed by atoms with Crippen molar-refractivity contribution in [3.05, 3.63) is 0 Å². The van der Waals surface area contributed by atoms with Gasteiger partial charge < -0.3 is 10.2 Å². The molecule has 2 N–H and O–H groups in total. The highest BCUT2D eigenvalue weighted by Gasteiger charge is 2.12. The van der Waals surface area contributed by atoms with Gasteiger partial charge in [-0.2, -0.15) is 5.26 Å². The van der Waals surface area contributed by atoms with Crippen molar-refractivity contribution >= 4 is 11.6 Å². The van der Waals surface area contributed by atoms with E-state index in [1.54, 1.807) is 0 Å². The zero-order valence-corrected chi connectivity index (χ0v) is 4.84. The van der Waals surface area contributed by atoms with Gasteiger partial charge in [-0.25, -0.2) is 0 Å². The van der Waals surface area contributed by atoms with Crippen molar-refractivity contribution in [3.8, 4) is 6.07 Å². The summed E-state index contributed by atoms with van der Waals surface area (Å²) in [5.74, 6) is -0.116. The molecule has 0 aromatic carbocycles. The molecule has 0 saturated carbocycles. The fourth-order valence-corrected chi connectivity index (χ4v) is 0.339. The third kappa shape index (κ3) is 2.12. The van der Waals surface area contributed by atoms with Gasteiger partial charge in [0.2, 0.25) is 0 Å². The van der Waals surface area contributed by atoms with Gasteiger partial charge in [0, 0.05) is 0 Å². The van der Waals surface area contributed by atoms with Crippen LogP contribution in [-0.2, 0) is 0 Å². The van der Waals surface area contributed by atoms with Gasteiger partial charge in [-0.15, -0.1) is 11.6 Å². The van der Waals surface area contributed by atoms with Crippen LogP contribution in [0.1, 0.15) is 0 Å². The van der Waals surface area contributed by atoms with Gasteiger partial charge in [-0.05, 0) is 0 Å². The summed E-state index contributed by atoms with van der Waals surface area (Å²) in [6.45, 7) is 0. The van der Waals surface area contributed by atoms with Crippen molar-refractivity contribution in [1.82, 2.24) is 0 Å². The van der Waals surface area contributed by atoms with Crippen molar-refractivity contribution in [1.29, 1.82) is 5.26 Å². The van der Waals surface area contributed by atoms with E-state index in [0.29, 0.717) is 0 Å². The summed E-state index contributed by atoms with van der Waals surface area (Å²) in [6, 6.07) is 1.44. The summed E-state index contributed by atoms with van der Waals surface area (Å²) in [6.07, 6.45) is -2.48. The van der Waals surface area contributed by atoms with Gasteiger partial charge in [0.05, 0.1) is 11.9 Å². The molecule has 0 spiro atoms. The van der Waals surface area contributed by atoms with E-state index in [1.807, 2.05) is 0 Å². The van der Waals surface area contributed by atoms with E-state index in [2.05, 4.69) is 0 Å². The molecule has 0 saturated heterocycles. The normalized spacial score (nSPS) is 16.8. The van der Waals surface area contributed by atoms with E-state index in [9.17, 15) is 0 Å². The molecule has 8 heavy (non-hydrogen) atoms. The molecule has 0 unspecified atom stereocenters. The summed E-state index contributed by atoms with van der Waals surface area (Å²) in [4.78, 5) is 0. The van der Waals surface area contributed by atoms with Gasteiger partial charge in [-0.1, -0.05) is 0 Å². The van der Waals surface area contributed by atoms with Crippen LogP contribution in [0.5, 0.6) is 0 Å². The number of alkyl halides is 1. The fourth-order valence-electron chi connectivity index (χ4n) is 0.170. The summed E-state index contributed by atoms with van der Waals surface area (Å²) in [5.41, 5.74) is 0. The Morgan fingerprint density at radius 2 is 2.12 bits per heavy atom. The van der Waals surface area contributed by atoms with Gasteiger partial charge in [0.15, 0.2) is 6.10 Å². The topological polar surface area (TPSA) is 64.2 Å². The molecule has 0 radical (unpaired) electrons. The van der Waals surface area contributed by atoms with Crippen LogP contribution in [0.15, 0.2) is 0 Å².